The van der Waals surface area contributed by atoms with Crippen LogP contribution in [0.1, 0.15) is 25.5 Å². The van der Waals surface area contributed by atoms with Gasteiger partial charge < -0.3 is 4.74 Å². The average molecular weight is 278 g/mol. The smallest absolute Gasteiger partial charge is 0.150 e. The van der Waals surface area contributed by atoms with Crippen LogP contribution in [0.5, 0.6) is 0 Å². The Kier molecular flexibility index (Phi) is 2.65. The Hall–Kier alpha value is -0.100. The molecule has 1 fully saturated rings. The summed E-state index contributed by atoms with van der Waals surface area (Å²) in [4.78, 5) is 0. The maximum atomic E-state index is 5.57. The standard InChI is InChI=1S/C8H11IN2O/c9-7-4-5-11(10-7)8-3-1-2-6-12-8/h4-5,8H,1-3,6H2. The fourth-order valence-corrected chi connectivity index (χ4v) is 1.82. The number of halogens is 1. The highest BCUT2D eigenvalue weighted by Gasteiger charge is 2.15. The molecule has 1 aromatic heterocycles. The normalized spacial score (nSPS) is 24.2. The van der Waals surface area contributed by atoms with E-state index in [-0.39, 0.29) is 6.23 Å². The molecule has 0 aromatic carbocycles. The van der Waals surface area contributed by atoms with Crippen LogP contribution in [0.2, 0.25) is 0 Å². The van der Waals surface area contributed by atoms with Crippen LogP contribution >= 0.6 is 22.6 Å². The Morgan fingerprint density at radius 1 is 1.58 bits per heavy atom. The zero-order valence-electron chi connectivity index (χ0n) is 6.74. The van der Waals surface area contributed by atoms with Gasteiger partial charge in [-0.1, -0.05) is 0 Å². The summed E-state index contributed by atoms with van der Waals surface area (Å²) in [5.41, 5.74) is 0. The Bertz CT molecular complexity index is 255. The summed E-state index contributed by atoms with van der Waals surface area (Å²) >= 11 is 2.21. The van der Waals surface area contributed by atoms with Crippen molar-refractivity contribution in [2.24, 2.45) is 0 Å². The highest BCUT2D eigenvalue weighted by Crippen LogP contribution is 2.21. The minimum atomic E-state index is 0.183. The summed E-state index contributed by atoms with van der Waals surface area (Å²) in [6, 6.07) is 2.00. The molecule has 0 saturated carbocycles. The Morgan fingerprint density at radius 2 is 2.50 bits per heavy atom. The van der Waals surface area contributed by atoms with Crippen LogP contribution in [0.15, 0.2) is 12.3 Å². The van der Waals surface area contributed by atoms with Crippen molar-refractivity contribution >= 4 is 22.6 Å². The Balaban J connectivity index is 2.08. The maximum Gasteiger partial charge on any atom is 0.150 e. The Labute approximate surface area is 85.2 Å². The molecule has 0 bridgehead atoms. The van der Waals surface area contributed by atoms with Crippen molar-refractivity contribution in [3.8, 4) is 0 Å². The summed E-state index contributed by atoms with van der Waals surface area (Å²) in [6.45, 7) is 0.876. The average Bonchev–Trinajstić information content (AvgIpc) is 2.54. The molecule has 2 rings (SSSR count). The third kappa shape index (κ3) is 1.80. The lowest BCUT2D eigenvalue weighted by Gasteiger charge is -2.22. The van der Waals surface area contributed by atoms with Crippen molar-refractivity contribution in [1.29, 1.82) is 0 Å². The van der Waals surface area contributed by atoms with E-state index in [0.29, 0.717) is 0 Å². The number of rotatable bonds is 1. The largest absolute Gasteiger partial charge is 0.357 e. The second-order valence-corrected chi connectivity index (χ2v) is 4.04. The third-order valence-corrected chi connectivity index (χ3v) is 2.60. The van der Waals surface area contributed by atoms with Crippen LogP contribution in [0, 0.1) is 3.70 Å². The van der Waals surface area contributed by atoms with E-state index < -0.39 is 0 Å². The topological polar surface area (TPSA) is 27.1 Å². The molecule has 0 aliphatic carbocycles. The van der Waals surface area contributed by atoms with Gasteiger partial charge in [-0.05, 0) is 47.9 Å². The molecule has 1 aromatic rings. The second-order valence-electron chi connectivity index (χ2n) is 2.94. The number of aromatic nitrogens is 2. The lowest BCUT2D eigenvalue weighted by Crippen LogP contribution is -2.18. The van der Waals surface area contributed by atoms with Gasteiger partial charge in [0.25, 0.3) is 0 Å². The maximum absolute atomic E-state index is 5.57. The van der Waals surface area contributed by atoms with Crippen molar-refractivity contribution in [1.82, 2.24) is 9.78 Å². The summed E-state index contributed by atoms with van der Waals surface area (Å²) < 4.78 is 8.52. The van der Waals surface area contributed by atoms with E-state index in [1.807, 2.05) is 16.9 Å². The molecule has 1 aliphatic rings. The van der Waals surface area contributed by atoms with Gasteiger partial charge in [0, 0.05) is 12.8 Å². The van der Waals surface area contributed by atoms with Crippen molar-refractivity contribution in [3.05, 3.63) is 16.0 Å². The van der Waals surface area contributed by atoms with E-state index in [1.54, 1.807) is 0 Å². The summed E-state index contributed by atoms with van der Waals surface area (Å²) in [5, 5.41) is 4.31. The SMILES string of the molecule is Ic1ccn(C2CCCCO2)n1. The second kappa shape index (κ2) is 3.74. The number of hydrogen-bond donors (Lipinski definition) is 0. The van der Waals surface area contributed by atoms with E-state index in [2.05, 4.69) is 27.7 Å². The molecule has 66 valence electrons. The molecular weight excluding hydrogens is 267 g/mol. The third-order valence-electron chi connectivity index (χ3n) is 2.03. The Morgan fingerprint density at radius 3 is 3.08 bits per heavy atom. The monoisotopic (exact) mass is 278 g/mol. The van der Waals surface area contributed by atoms with E-state index in [4.69, 9.17) is 4.74 Å². The first-order chi connectivity index (χ1) is 5.86. The van der Waals surface area contributed by atoms with E-state index >= 15 is 0 Å². The van der Waals surface area contributed by atoms with Crippen LogP contribution < -0.4 is 0 Å². The molecule has 12 heavy (non-hydrogen) atoms. The molecular formula is C8H11IN2O. The molecule has 0 spiro atoms. The molecule has 0 amide bonds. The van der Waals surface area contributed by atoms with E-state index in [0.717, 1.165) is 16.7 Å². The predicted octanol–water partition coefficient (Wildman–Crippen LogP) is 2.19. The molecule has 2 heterocycles. The van der Waals surface area contributed by atoms with Gasteiger partial charge in [-0.2, -0.15) is 5.10 Å². The highest BCUT2D eigenvalue weighted by atomic mass is 127. The van der Waals surface area contributed by atoms with Crippen LogP contribution in [0.25, 0.3) is 0 Å². The van der Waals surface area contributed by atoms with Gasteiger partial charge in [-0.3, -0.25) is 0 Å². The fraction of sp³-hybridized carbons (Fsp3) is 0.625. The first kappa shape index (κ1) is 8.50. The summed E-state index contributed by atoms with van der Waals surface area (Å²) in [5.74, 6) is 0. The van der Waals surface area contributed by atoms with Crippen LogP contribution in [0.3, 0.4) is 0 Å². The van der Waals surface area contributed by atoms with Gasteiger partial charge >= 0.3 is 0 Å². The molecule has 1 unspecified atom stereocenters. The molecule has 3 nitrogen and oxygen atoms in total. The molecule has 1 aliphatic heterocycles. The molecule has 0 N–H and O–H groups in total. The van der Waals surface area contributed by atoms with Crippen LogP contribution in [-0.4, -0.2) is 16.4 Å². The van der Waals surface area contributed by atoms with Crippen molar-refractivity contribution in [2.45, 2.75) is 25.5 Å². The van der Waals surface area contributed by atoms with Gasteiger partial charge in [-0.25, -0.2) is 4.68 Å². The van der Waals surface area contributed by atoms with Crippen molar-refractivity contribution in [2.75, 3.05) is 6.61 Å². The molecule has 1 saturated heterocycles. The lowest BCUT2D eigenvalue weighted by atomic mass is 10.2. The summed E-state index contributed by atoms with van der Waals surface area (Å²) in [6.07, 6.45) is 5.70. The first-order valence-electron chi connectivity index (χ1n) is 4.18. The van der Waals surface area contributed by atoms with Crippen molar-refractivity contribution < 1.29 is 4.74 Å². The zero-order valence-corrected chi connectivity index (χ0v) is 8.90. The highest BCUT2D eigenvalue weighted by molar-refractivity contribution is 14.1. The number of hydrogen-bond acceptors (Lipinski definition) is 2. The quantitative estimate of drug-likeness (QED) is 0.736. The molecule has 4 heteroatoms. The zero-order chi connectivity index (χ0) is 8.39. The van der Waals surface area contributed by atoms with Gasteiger partial charge in [0.2, 0.25) is 0 Å². The fourth-order valence-electron chi connectivity index (χ4n) is 1.41. The van der Waals surface area contributed by atoms with Crippen LogP contribution in [0.4, 0.5) is 0 Å². The van der Waals surface area contributed by atoms with E-state index in [9.17, 15) is 0 Å². The minimum absolute atomic E-state index is 0.183. The van der Waals surface area contributed by atoms with Crippen LogP contribution in [-0.2, 0) is 4.74 Å². The van der Waals surface area contributed by atoms with Gasteiger partial charge in [0.15, 0.2) is 0 Å². The van der Waals surface area contributed by atoms with Gasteiger partial charge in [0.1, 0.15) is 9.93 Å². The van der Waals surface area contributed by atoms with Gasteiger partial charge in [-0.15, -0.1) is 0 Å². The first-order valence-corrected chi connectivity index (χ1v) is 5.26. The van der Waals surface area contributed by atoms with E-state index in [1.165, 1.54) is 12.8 Å². The lowest BCUT2D eigenvalue weighted by molar-refractivity contribution is -0.0396. The number of nitrogens with zero attached hydrogens (tertiary/aromatic N) is 2. The molecule has 1 atom stereocenters. The molecule has 0 radical (unpaired) electrons. The predicted molar refractivity (Wildman–Crippen MR) is 53.8 cm³/mol. The summed E-state index contributed by atoms with van der Waals surface area (Å²) in [7, 11) is 0. The minimum Gasteiger partial charge on any atom is -0.357 e. The van der Waals surface area contributed by atoms with Crippen molar-refractivity contribution in [3.63, 3.8) is 0 Å². The van der Waals surface area contributed by atoms with Gasteiger partial charge in [0.05, 0.1) is 0 Å². The number of ether oxygens (including phenoxy) is 1.